The van der Waals surface area contributed by atoms with Gasteiger partial charge in [0.2, 0.25) is 5.95 Å². The number of nitrogens with zero attached hydrogens (tertiary/aromatic N) is 4. The van der Waals surface area contributed by atoms with E-state index in [1.54, 1.807) is 41.8 Å². The Balaban J connectivity index is 1.93. The number of para-hydroxylation sites is 1. The van der Waals surface area contributed by atoms with Crippen LogP contribution in [-0.2, 0) is 11.3 Å². The van der Waals surface area contributed by atoms with Gasteiger partial charge in [0.15, 0.2) is 6.10 Å². The highest BCUT2D eigenvalue weighted by Gasteiger charge is 2.51. The molecule has 11 heteroatoms. The lowest BCUT2D eigenvalue weighted by Gasteiger charge is -2.41. The molecule has 0 aliphatic carbocycles. The van der Waals surface area contributed by atoms with Gasteiger partial charge in [-0.1, -0.05) is 17.7 Å². The Kier molecular flexibility index (Phi) is 5.31. The normalized spacial score (nSPS) is 18.1. The van der Waals surface area contributed by atoms with Crippen LogP contribution in [0, 0.1) is 6.92 Å². The van der Waals surface area contributed by atoms with Gasteiger partial charge in [-0.2, -0.15) is 22.0 Å². The minimum atomic E-state index is -5.01. The summed E-state index contributed by atoms with van der Waals surface area (Å²) in [7, 11) is 0. The van der Waals surface area contributed by atoms with Crippen LogP contribution in [0.4, 0.5) is 33.6 Å². The molecule has 0 radical (unpaired) electrons. The van der Waals surface area contributed by atoms with Crippen molar-refractivity contribution >= 4 is 34.3 Å². The molecule has 2 unspecified atom stereocenters. The number of aryl methyl sites for hydroxylation is 2. The van der Waals surface area contributed by atoms with Gasteiger partial charge < -0.3 is 14.2 Å². The van der Waals surface area contributed by atoms with Crippen molar-refractivity contribution in [3.8, 4) is 0 Å². The highest BCUT2D eigenvalue weighted by molar-refractivity contribution is 6.35. The molecular formula is C19H16ClF5N4O. The van der Waals surface area contributed by atoms with Gasteiger partial charge in [-0.05, 0) is 37.6 Å². The standard InChI is InChI=1S/C19H16ClF5N4O/c1-10-12(6-3-8-26-10)29-14(16(19(23,24)25)30-17(21)22)7-9-28-13-5-2-4-11(20)15(13)27-18(28)29/h2-6,8,14,16-17H,7,9H2,1H3. The number of hydrogen-bond acceptors (Lipinski definition) is 4. The highest BCUT2D eigenvalue weighted by Crippen LogP contribution is 2.42. The maximum absolute atomic E-state index is 13.8. The fourth-order valence-corrected chi connectivity index (χ4v) is 4.06. The van der Waals surface area contributed by atoms with Crippen LogP contribution in [0.1, 0.15) is 12.1 Å². The summed E-state index contributed by atoms with van der Waals surface area (Å²) in [5.41, 5.74) is 1.80. The summed E-state index contributed by atoms with van der Waals surface area (Å²) >= 11 is 6.23. The molecule has 1 aliphatic heterocycles. The third-order valence-electron chi connectivity index (χ3n) is 5.07. The van der Waals surface area contributed by atoms with Gasteiger partial charge in [0.05, 0.1) is 28.0 Å². The number of anilines is 2. The highest BCUT2D eigenvalue weighted by atomic mass is 35.5. The van der Waals surface area contributed by atoms with E-state index in [4.69, 9.17) is 11.6 Å². The molecule has 0 bridgehead atoms. The summed E-state index contributed by atoms with van der Waals surface area (Å²) in [6.07, 6.45) is -6.34. The Morgan fingerprint density at radius 2 is 1.97 bits per heavy atom. The first-order valence-corrected chi connectivity index (χ1v) is 9.42. The second kappa shape index (κ2) is 7.66. The molecule has 1 aromatic carbocycles. The maximum atomic E-state index is 13.8. The molecule has 160 valence electrons. The Morgan fingerprint density at radius 3 is 2.63 bits per heavy atom. The summed E-state index contributed by atoms with van der Waals surface area (Å²) < 4.78 is 72.9. The minimum Gasteiger partial charge on any atom is -0.310 e. The molecule has 3 heterocycles. The van der Waals surface area contributed by atoms with Crippen molar-refractivity contribution in [1.29, 1.82) is 0 Å². The van der Waals surface area contributed by atoms with Crippen molar-refractivity contribution < 1.29 is 26.7 Å². The van der Waals surface area contributed by atoms with Crippen LogP contribution >= 0.6 is 11.6 Å². The van der Waals surface area contributed by atoms with Crippen LogP contribution in [-0.4, -0.2) is 39.5 Å². The smallest absolute Gasteiger partial charge is 0.310 e. The first-order chi connectivity index (χ1) is 14.2. The minimum absolute atomic E-state index is 0.101. The van der Waals surface area contributed by atoms with Crippen LogP contribution < -0.4 is 4.90 Å². The van der Waals surface area contributed by atoms with E-state index in [2.05, 4.69) is 14.7 Å². The average Bonchev–Trinajstić information content (AvgIpc) is 3.05. The summed E-state index contributed by atoms with van der Waals surface area (Å²) in [5, 5.41) is 0.338. The van der Waals surface area contributed by atoms with Crippen LogP contribution in [0.5, 0.6) is 0 Å². The second-order valence-corrected chi connectivity index (χ2v) is 7.27. The molecule has 4 rings (SSSR count). The van der Waals surface area contributed by atoms with Gasteiger partial charge in [-0.25, -0.2) is 4.98 Å². The first kappa shape index (κ1) is 20.8. The number of pyridine rings is 1. The van der Waals surface area contributed by atoms with E-state index in [-0.39, 0.29) is 18.9 Å². The summed E-state index contributed by atoms with van der Waals surface area (Å²) in [5.74, 6) is 0.164. The lowest BCUT2D eigenvalue weighted by Crippen LogP contribution is -2.53. The second-order valence-electron chi connectivity index (χ2n) is 6.86. The van der Waals surface area contributed by atoms with E-state index >= 15 is 0 Å². The quantitative estimate of drug-likeness (QED) is 0.498. The topological polar surface area (TPSA) is 43.2 Å². The van der Waals surface area contributed by atoms with Crippen molar-refractivity contribution in [3.63, 3.8) is 0 Å². The molecule has 0 amide bonds. The summed E-state index contributed by atoms with van der Waals surface area (Å²) in [6.45, 7) is -1.83. The molecule has 0 saturated heterocycles. The van der Waals surface area contributed by atoms with E-state index < -0.39 is 24.9 Å². The number of halogens is 6. The molecule has 2 aromatic heterocycles. The fourth-order valence-electron chi connectivity index (χ4n) is 3.84. The number of imidazole rings is 1. The van der Waals surface area contributed by atoms with Crippen LogP contribution in [0.3, 0.4) is 0 Å². The Morgan fingerprint density at radius 1 is 1.20 bits per heavy atom. The zero-order valence-corrected chi connectivity index (χ0v) is 16.3. The zero-order chi connectivity index (χ0) is 21.6. The summed E-state index contributed by atoms with van der Waals surface area (Å²) in [4.78, 5) is 9.89. The van der Waals surface area contributed by atoms with Crippen molar-refractivity contribution in [3.05, 3.63) is 47.2 Å². The van der Waals surface area contributed by atoms with Crippen LogP contribution in [0.15, 0.2) is 36.5 Å². The van der Waals surface area contributed by atoms with Crippen LogP contribution in [0.2, 0.25) is 5.02 Å². The summed E-state index contributed by atoms with van der Waals surface area (Å²) in [6, 6.07) is 6.75. The van der Waals surface area contributed by atoms with Crippen LogP contribution in [0.25, 0.3) is 11.0 Å². The van der Waals surface area contributed by atoms with Gasteiger partial charge in [0, 0.05) is 12.7 Å². The Hall–Kier alpha value is -2.46. The first-order valence-electron chi connectivity index (χ1n) is 9.04. The predicted octanol–water partition coefficient (Wildman–Crippen LogP) is 5.47. The molecule has 3 aromatic rings. The molecule has 0 spiro atoms. The van der Waals surface area contributed by atoms with E-state index in [1.165, 1.54) is 11.1 Å². The maximum Gasteiger partial charge on any atom is 0.416 e. The van der Waals surface area contributed by atoms with Gasteiger partial charge in [-0.3, -0.25) is 4.98 Å². The molecule has 1 aliphatic rings. The van der Waals surface area contributed by atoms with Crippen molar-refractivity contribution in [2.75, 3.05) is 4.90 Å². The molecule has 0 saturated carbocycles. The zero-order valence-electron chi connectivity index (χ0n) is 15.6. The van der Waals surface area contributed by atoms with Crippen molar-refractivity contribution in [2.45, 2.75) is 44.8 Å². The Labute approximate surface area is 173 Å². The van der Waals surface area contributed by atoms with E-state index in [1.807, 2.05) is 0 Å². The number of benzene rings is 1. The fraction of sp³-hybridized carbons (Fsp3) is 0.368. The van der Waals surface area contributed by atoms with E-state index in [0.717, 1.165) is 0 Å². The molecular weight excluding hydrogens is 431 g/mol. The lowest BCUT2D eigenvalue weighted by molar-refractivity contribution is -0.279. The largest absolute Gasteiger partial charge is 0.416 e. The SMILES string of the molecule is Cc1ncccc1N1c2nc3c(Cl)cccc3n2CCC1C(OC(F)F)C(F)(F)F. The number of alkyl halides is 5. The number of rotatable bonds is 4. The van der Waals surface area contributed by atoms with E-state index in [0.29, 0.717) is 27.4 Å². The van der Waals surface area contributed by atoms with Gasteiger partial charge >= 0.3 is 12.8 Å². The number of hydrogen-bond donors (Lipinski definition) is 0. The van der Waals surface area contributed by atoms with E-state index in [9.17, 15) is 22.0 Å². The molecule has 0 fully saturated rings. The van der Waals surface area contributed by atoms with Crippen molar-refractivity contribution in [1.82, 2.24) is 14.5 Å². The van der Waals surface area contributed by atoms with Gasteiger partial charge in [-0.15, -0.1) is 0 Å². The Bertz CT molecular complexity index is 1070. The van der Waals surface area contributed by atoms with Crippen molar-refractivity contribution in [2.24, 2.45) is 0 Å². The third kappa shape index (κ3) is 3.58. The van der Waals surface area contributed by atoms with Gasteiger partial charge in [0.25, 0.3) is 0 Å². The molecule has 5 nitrogen and oxygen atoms in total. The predicted molar refractivity (Wildman–Crippen MR) is 101 cm³/mol. The third-order valence-corrected chi connectivity index (χ3v) is 5.37. The number of ether oxygens (including phenoxy) is 1. The number of fused-ring (bicyclic) bond motifs is 3. The number of aromatic nitrogens is 3. The van der Waals surface area contributed by atoms with Gasteiger partial charge in [0.1, 0.15) is 5.52 Å². The lowest BCUT2D eigenvalue weighted by atomic mass is 10.0. The molecule has 30 heavy (non-hydrogen) atoms. The molecule has 2 atom stereocenters. The monoisotopic (exact) mass is 446 g/mol. The molecule has 0 N–H and O–H groups in total. The average molecular weight is 447 g/mol.